The quantitative estimate of drug-likeness (QED) is 0.283. The van der Waals surface area contributed by atoms with Gasteiger partial charge in [-0.2, -0.15) is 4.98 Å². The summed E-state index contributed by atoms with van der Waals surface area (Å²) in [4.78, 5) is 22.1. The van der Waals surface area contributed by atoms with Gasteiger partial charge in [0.1, 0.15) is 18.1 Å². The summed E-state index contributed by atoms with van der Waals surface area (Å²) in [6, 6.07) is 18.9. The SMILES string of the molecule is COc1cc(Cc2cccc(C)c2-c2cc3nc(n2)NS(=O)(=O)c2cccc(c2)C(=O)N[C@H](CC(C)C)CO3)cc(OC)c1. The molecule has 2 heterocycles. The number of hydrogen-bond acceptors (Lipinski definition) is 8. The molecule has 0 aliphatic carbocycles. The van der Waals surface area contributed by atoms with Crippen molar-refractivity contribution in [3.63, 3.8) is 0 Å². The maximum absolute atomic E-state index is 13.4. The van der Waals surface area contributed by atoms with Gasteiger partial charge in [0.2, 0.25) is 11.8 Å². The Kier molecular flexibility index (Phi) is 9.05. The van der Waals surface area contributed by atoms with E-state index in [1.54, 1.807) is 26.4 Å². The lowest BCUT2D eigenvalue weighted by molar-refractivity contribution is 0.0913. The molecule has 10 nitrogen and oxygen atoms in total. The number of carbonyl (C=O) groups is 1. The molecule has 0 saturated heterocycles. The highest BCUT2D eigenvalue weighted by atomic mass is 32.2. The second kappa shape index (κ2) is 12.9. The highest BCUT2D eigenvalue weighted by Crippen LogP contribution is 2.33. The number of rotatable bonds is 7. The Morgan fingerprint density at radius 1 is 0.977 bits per heavy atom. The fourth-order valence-electron chi connectivity index (χ4n) is 5.28. The van der Waals surface area contributed by atoms with Gasteiger partial charge < -0.3 is 19.5 Å². The van der Waals surface area contributed by atoms with Gasteiger partial charge in [0.25, 0.3) is 15.9 Å². The van der Waals surface area contributed by atoms with Gasteiger partial charge in [0, 0.05) is 23.3 Å². The zero-order valence-electron chi connectivity index (χ0n) is 25.4. The van der Waals surface area contributed by atoms with E-state index >= 15 is 0 Å². The van der Waals surface area contributed by atoms with Crippen molar-refractivity contribution in [2.24, 2.45) is 5.92 Å². The van der Waals surface area contributed by atoms with E-state index in [-0.39, 0.29) is 46.8 Å². The van der Waals surface area contributed by atoms with Crippen molar-refractivity contribution in [2.75, 3.05) is 25.5 Å². The number of nitrogens with one attached hydrogen (secondary N) is 2. The monoisotopic (exact) mass is 616 g/mol. The van der Waals surface area contributed by atoms with Gasteiger partial charge in [0.05, 0.1) is 30.9 Å². The molecule has 0 saturated carbocycles. The van der Waals surface area contributed by atoms with Crippen molar-refractivity contribution in [1.82, 2.24) is 15.3 Å². The van der Waals surface area contributed by atoms with Crippen LogP contribution in [-0.4, -0.2) is 51.2 Å². The fraction of sp³-hybridized carbons (Fsp3) is 0.303. The van der Waals surface area contributed by atoms with Crippen LogP contribution in [0.1, 0.15) is 47.3 Å². The molecule has 3 aromatic carbocycles. The van der Waals surface area contributed by atoms with Crippen LogP contribution >= 0.6 is 0 Å². The summed E-state index contributed by atoms with van der Waals surface area (Å²) in [6.07, 6.45) is 1.18. The Morgan fingerprint density at radius 3 is 2.41 bits per heavy atom. The molecule has 11 heteroatoms. The topological polar surface area (TPSA) is 129 Å². The number of aryl methyl sites for hydroxylation is 1. The van der Waals surface area contributed by atoms with E-state index in [9.17, 15) is 13.2 Å². The van der Waals surface area contributed by atoms with Crippen molar-refractivity contribution in [1.29, 1.82) is 0 Å². The van der Waals surface area contributed by atoms with Crippen LogP contribution in [0.3, 0.4) is 0 Å². The Labute approximate surface area is 257 Å². The van der Waals surface area contributed by atoms with Crippen molar-refractivity contribution in [2.45, 2.75) is 44.6 Å². The van der Waals surface area contributed by atoms with Crippen LogP contribution in [0.15, 0.2) is 71.6 Å². The number of benzene rings is 3. The third-order valence-corrected chi connectivity index (χ3v) is 8.61. The summed E-state index contributed by atoms with van der Waals surface area (Å²) >= 11 is 0. The molecule has 4 bridgehead atoms. The summed E-state index contributed by atoms with van der Waals surface area (Å²) in [5.41, 5.74) is 4.39. The number of sulfonamides is 1. The Bertz CT molecular complexity index is 1770. The first-order valence-corrected chi connectivity index (χ1v) is 15.8. The van der Waals surface area contributed by atoms with E-state index in [1.807, 2.05) is 43.3 Å². The number of nitrogens with zero attached hydrogens (tertiary/aromatic N) is 2. The second-order valence-corrected chi connectivity index (χ2v) is 12.8. The third-order valence-electron chi connectivity index (χ3n) is 7.28. The summed E-state index contributed by atoms with van der Waals surface area (Å²) in [7, 11) is -0.922. The first-order valence-electron chi connectivity index (χ1n) is 14.3. The molecule has 0 radical (unpaired) electrons. The van der Waals surface area contributed by atoms with Crippen molar-refractivity contribution in [3.05, 3.63) is 89.0 Å². The lowest BCUT2D eigenvalue weighted by atomic mass is 9.94. The van der Waals surface area contributed by atoms with Crippen LogP contribution in [0.5, 0.6) is 17.4 Å². The average Bonchev–Trinajstić information content (AvgIpc) is 2.99. The lowest BCUT2D eigenvalue weighted by Crippen LogP contribution is -2.40. The molecule has 1 atom stereocenters. The maximum Gasteiger partial charge on any atom is 0.264 e. The molecule has 230 valence electrons. The van der Waals surface area contributed by atoms with E-state index in [2.05, 4.69) is 33.9 Å². The van der Waals surface area contributed by atoms with Gasteiger partial charge in [-0.15, -0.1) is 0 Å². The first-order chi connectivity index (χ1) is 21.0. The molecule has 0 spiro atoms. The van der Waals surface area contributed by atoms with Crippen LogP contribution in [-0.2, 0) is 16.4 Å². The van der Waals surface area contributed by atoms with Crippen molar-refractivity contribution >= 4 is 21.9 Å². The van der Waals surface area contributed by atoms with Gasteiger partial charge in [-0.25, -0.2) is 18.1 Å². The largest absolute Gasteiger partial charge is 0.497 e. The first kappa shape index (κ1) is 30.8. The predicted molar refractivity (Wildman–Crippen MR) is 168 cm³/mol. The summed E-state index contributed by atoms with van der Waals surface area (Å²) in [5, 5.41) is 3.00. The number of hydrogen-bond donors (Lipinski definition) is 2. The summed E-state index contributed by atoms with van der Waals surface area (Å²) in [5.74, 6) is 1.28. The zero-order chi connectivity index (χ0) is 31.4. The van der Waals surface area contributed by atoms with E-state index in [0.717, 1.165) is 22.3 Å². The highest BCUT2D eigenvalue weighted by molar-refractivity contribution is 7.92. The smallest absolute Gasteiger partial charge is 0.264 e. The van der Waals surface area contributed by atoms with Gasteiger partial charge >= 0.3 is 0 Å². The van der Waals surface area contributed by atoms with Crippen LogP contribution < -0.4 is 24.2 Å². The average molecular weight is 617 g/mol. The van der Waals surface area contributed by atoms with Crippen LogP contribution in [0, 0.1) is 12.8 Å². The molecule has 1 aromatic heterocycles. The molecule has 1 aliphatic heterocycles. The number of aromatic nitrogens is 2. The molecule has 0 unspecified atom stereocenters. The minimum absolute atomic E-state index is 0.0789. The zero-order valence-corrected chi connectivity index (χ0v) is 26.2. The molecule has 4 aromatic rings. The third kappa shape index (κ3) is 7.11. The molecule has 0 fully saturated rings. The minimum atomic E-state index is -4.14. The van der Waals surface area contributed by atoms with Crippen molar-refractivity contribution in [3.8, 4) is 28.6 Å². The molecule has 5 rings (SSSR count). The normalized spacial score (nSPS) is 16.0. The molecule has 2 N–H and O–H groups in total. The standard InChI is InChI=1S/C33H36N4O6S/c1-20(2)12-25-19-43-30-18-29(35-33(36-30)37-44(39,40)28-11-7-10-24(16-28)32(38)34-25)31-21(3)8-6-9-23(31)13-22-14-26(41-4)17-27(15-22)42-5/h6-11,14-18,20,25H,12-13,19H2,1-5H3,(H,34,38)(H,35,36,37)/t25-/m1/s1. The number of methoxy groups -OCH3 is 2. The Hall–Kier alpha value is -4.64. The predicted octanol–water partition coefficient (Wildman–Crippen LogP) is 5.40. The second-order valence-electron chi connectivity index (χ2n) is 11.2. The van der Waals surface area contributed by atoms with E-state index in [1.165, 1.54) is 18.2 Å². The maximum atomic E-state index is 13.4. The highest BCUT2D eigenvalue weighted by Gasteiger charge is 2.23. The van der Waals surface area contributed by atoms with Gasteiger partial charge in [-0.3, -0.25) is 4.79 Å². The Morgan fingerprint density at radius 2 is 1.70 bits per heavy atom. The number of anilines is 1. The number of ether oxygens (including phenoxy) is 3. The molecule has 1 aliphatic rings. The van der Waals surface area contributed by atoms with E-state index in [0.29, 0.717) is 30.0 Å². The summed E-state index contributed by atoms with van der Waals surface area (Å²) in [6.45, 7) is 6.22. The van der Waals surface area contributed by atoms with Gasteiger partial charge in [0.15, 0.2) is 0 Å². The van der Waals surface area contributed by atoms with Crippen molar-refractivity contribution < 1.29 is 27.4 Å². The van der Waals surface area contributed by atoms with Crippen LogP contribution in [0.2, 0.25) is 0 Å². The molecular formula is C33H36N4O6S. The summed E-state index contributed by atoms with van der Waals surface area (Å²) < 4.78 is 46.5. The fourth-order valence-corrected chi connectivity index (χ4v) is 6.27. The number of carbonyl (C=O) groups excluding carboxylic acids is 1. The van der Waals surface area contributed by atoms with Gasteiger partial charge in [-0.05, 0) is 72.7 Å². The number of amides is 1. The number of fused-ring (bicyclic) bond motifs is 4. The molecule has 44 heavy (non-hydrogen) atoms. The van der Waals surface area contributed by atoms with E-state index < -0.39 is 10.0 Å². The Balaban J connectivity index is 1.61. The lowest BCUT2D eigenvalue weighted by Gasteiger charge is -2.21. The molecular weight excluding hydrogens is 580 g/mol. The minimum Gasteiger partial charge on any atom is -0.497 e. The van der Waals surface area contributed by atoms with Crippen LogP contribution in [0.25, 0.3) is 11.3 Å². The van der Waals surface area contributed by atoms with E-state index in [4.69, 9.17) is 14.2 Å². The van der Waals surface area contributed by atoms with Crippen LogP contribution in [0.4, 0.5) is 5.95 Å². The van der Waals surface area contributed by atoms with Gasteiger partial charge in [-0.1, -0.05) is 38.1 Å². The molecule has 1 amide bonds.